The molecule has 0 saturated carbocycles. The number of nitrogens with one attached hydrogen (secondary N) is 1. The summed E-state index contributed by atoms with van der Waals surface area (Å²) in [6.07, 6.45) is 2.03. The second-order valence-corrected chi connectivity index (χ2v) is 5.55. The minimum Gasteiger partial charge on any atom is -0.481 e. The Morgan fingerprint density at radius 3 is 2.80 bits per heavy atom. The number of ether oxygens (including phenoxy) is 2. The second kappa shape index (κ2) is 5.54. The van der Waals surface area contributed by atoms with Crippen LogP contribution in [0.5, 0.6) is 5.88 Å². The third-order valence-electron chi connectivity index (χ3n) is 4.12. The van der Waals surface area contributed by atoms with Crippen LogP contribution in [0.2, 0.25) is 0 Å². The van der Waals surface area contributed by atoms with Gasteiger partial charge < -0.3 is 19.7 Å². The molecule has 2 saturated heterocycles. The number of methoxy groups -OCH3 is 1. The van der Waals surface area contributed by atoms with Crippen LogP contribution in [0.4, 0.5) is 5.95 Å². The zero-order chi connectivity index (χ0) is 14.0. The quantitative estimate of drug-likeness (QED) is 0.861. The predicted molar refractivity (Wildman–Crippen MR) is 76.3 cm³/mol. The molecule has 1 spiro atoms. The smallest absolute Gasteiger partial charge is 0.228 e. The van der Waals surface area contributed by atoms with E-state index in [-0.39, 0.29) is 5.60 Å². The minimum absolute atomic E-state index is 0.0165. The van der Waals surface area contributed by atoms with Crippen LogP contribution in [0.3, 0.4) is 0 Å². The lowest BCUT2D eigenvalue weighted by Crippen LogP contribution is -2.55. The van der Waals surface area contributed by atoms with E-state index in [9.17, 15) is 0 Å². The molecular formula is C14H22N4O2. The van der Waals surface area contributed by atoms with Crippen molar-refractivity contribution in [2.24, 2.45) is 0 Å². The summed E-state index contributed by atoms with van der Waals surface area (Å²) >= 11 is 0. The van der Waals surface area contributed by atoms with Crippen LogP contribution in [0.25, 0.3) is 0 Å². The third kappa shape index (κ3) is 2.71. The maximum absolute atomic E-state index is 6.00. The van der Waals surface area contributed by atoms with Crippen LogP contribution in [-0.4, -0.2) is 55.5 Å². The first kappa shape index (κ1) is 13.6. The third-order valence-corrected chi connectivity index (χ3v) is 4.12. The SMILES string of the molecule is COc1cc(C)nc(N2CCC3(CC2)CNCCO3)n1. The fraction of sp³-hybridized carbons (Fsp3) is 0.714. The van der Waals surface area contributed by atoms with Gasteiger partial charge in [0.1, 0.15) is 0 Å². The molecule has 110 valence electrons. The van der Waals surface area contributed by atoms with E-state index in [1.54, 1.807) is 7.11 Å². The van der Waals surface area contributed by atoms with Gasteiger partial charge in [0, 0.05) is 37.9 Å². The normalized spacial score (nSPS) is 22.0. The van der Waals surface area contributed by atoms with Crippen LogP contribution in [0, 0.1) is 6.92 Å². The summed E-state index contributed by atoms with van der Waals surface area (Å²) in [5.74, 6) is 1.39. The standard InChI is InChI=1S/C14H22N4O2/c1-11-9-12(19-2)17-13(16-11)18-6-3-14(4-7-18)10-15-5-8-20-14/h9,15H,3-8,10H2,1-2H3. The molecule has 0 atom stereocenters. The minimum atomic E-state index is 0.0165. The van der Waals surface area contributed by atoms with Crippen molar-refractivity contribution in [3.63, 3.8) is 0 Å². The van der Waals surface area contributed by atoms with Gasteiger partial charge >= 0.3 is 0 Å². The largest absolute Gasteiger partial charge is 0.481 e. The Labute approximate surface area is 119 Å². The van der Waals surface area contributed by atoms with Crippen molar-refractivity contribution in [2.45, 2.75) is 25.4 Å². The first-order valence-corrected chi connectivity index (χ1v) is 7.20. The van der Waals surface area contributed by atoms with E-state index in [0.29, 0.717) is 5.88 Å². The highest BCUT2D eigenvalue weighted by Gasteiger charge is 2.37. The highest BCUT2D eigenvalue weighted by molar-refractivity contribution is 5.35. The molecule has 0 unspecified atom stereocenters. The Bertz CT molecular complexity index is 464. The van der Waals surface area contributed by atoms with Crippen LogP contribution >= 0.6 is 0 Å². The zero-order valence-corrected chi connectivity index (χ0v) is 12.2. The number of piperidine rings is 1. The number of aromatic nitrogens is 2. The van der Waals surface area contributed by atoms with E-state index in [2.05, 4.69) is 20.2 Å². The number of hydrogen-bond donors (Lipinski definition) is 1. The highest BCUT2D eigenvalue weighted by atomic mass is 16.5. The van der Waals surface area contributed by atoms with Crippen molar-refractivity contribution in [2.75, 3.05) is 44.8 Å². The van der Waals surface area contributed by atoms with E-state index in [0.717, 1.165) is 57.3 Å². The molecule has 0 aromatic carbocycles. The Morgan fingerprint density at radius 1 is 1.35 bits per heavy atom. The second-order valence-electron chi connectivity index (χ2n) is 5.55. The predicted octanol–water partition coefficient (Wildman–Crippen LogP) is 0.752. The Hall–Kier alpha value is -1.40. The van der Waals surface area contributed by atoms with Crippen LogP contribution in [-0.2, 0) is 4.74 Å². The monoisotopic (exact) mass is 278 g/mol. The van der Waals surface area contributed by atoms with E-state index in [4.69, 9.17) is 9.47 Å². The molecule has 6 nitrogen and oxygen atoms in total. The molecule has 6 heteroatoms. The van der Waals surface area contributed by atoms with Gasteiger partial charge in [-0.05, 0) is 19.8 Å². The average Bonchev–Trinajstić information content (AvgIpc) is 2.48. The number of morpholine rings is 1. The van der Waals surface area contributed by atoms with Gasteiger partial charge in [-0.1, -0.05) is 0 Å². The summed E-state index contributed by atoms with van der Waals surface area (Å²) in [6, 6.07) is 1.85. The van der Waals surface area contributed by atoms with E-state index >= 15 is 0 Å². The number of hydrogen-bond acceptors (Lipinski definition) is 6. The summed E-state index contributed by atoms with van der Waals surface area (Å²) in [5.41, 5.74) is 0.950. The van der Waals surface area contributed by atoms with Crippen molar-refractivity contribution < 1.29 is 9.47 Å². The van der Waals surface area contributed by atoms with E-state index in [1.165, 1.54) is 0 Å². The van der Waals surface area contributed by atoms with Gasteiger partial charge in [0.05, 0.1) is 19.3 Å². The molecule has 2 aliphatic heterocycles. The molecule has 0 bridgehead atoms. The Balaban J connectivity index is 1.70. The molecule has 0 amide bonds. The van der Waals surface area contributed by atoms with Gasteiger partial charge in [0.15, 0.2) is 0 Å². The van der Waals surface area contributed by atoms with Crippen molar-refractivity contribution in [1.29, 1.82) is 0 Å². The Kier molecular flexibility index (Phi) is 3.76. The lowest BCUT2D eigenvalue weighted by atomic mass is 9.90. The van der Waals surface area contributed by atoms with Gasteiger partial charge in [-0.2, -0.15) is 4.98 Å². The van der Waals surface area contributed by atoms with Crippen LogP contribution < -0.4 is 15.0 Å². The van der Waals surface area contributed by atoms with Crippen molar-refractivity contribution in [3.8, 4) is 5.88 Å². The maximum atomic E-state index is 6.00. The number of anilines is 1. The van der Waals surface area contributed by atoms with E-state index in [1.807, 2.05) is 13.0 Å². The maximum Gasteiger partial charge on any atom is 0.228 e. The van der Waals surface area contributed by atoms with Gasteiger partial charge in [-0.25, -0.2) is 4.98 Å². The van der Waals surface area contributed by atoms with Crippen molar-refractivity contribution in [1.82, 2.24) is 15.3 Å². The van der Waals surface area contributed by atoms with Crippen molar-refractivity contribution in [3.05, 3.63) is 11.8 Å². The summed E-state index contributed by atoms with van der Waals surface area (Å²) in [5, 5.41) is 3.43. The lowest BCUT2D eigenvalue weighted by Gasteiger charge is -2.44. The molecule has 0 radical (unpaired) electrons. The summed E-state index contributed by atoms with van der Waals surface area (Å²) in [4.78, 5) is 11.2. The molecule has 3 rings (SSSR count). The molecule has 1 aromatic rings. The van der Waals surface area contributed by atoms with Crippen molar-refractivity contribution >= 4 is 5.95 Å². The number of rotatable bonds is 2. The first-order valence-electron chi connectivity index (χ1n) is 7.20. The van der Waals surface area contributed by atoms with Gasteiger partial charge in [-0.3, -0.25) is 0 Å². The summed E-state index contributed by atoms with van der Waals surface area (Å²) < 4.78 is 11.2. The molecule has 2 fully saturated rings. The Morgan fingerprint density at radius 2 is 2.15 bits per heavy atom. The summed E-state index contributed by atoms with van der Waals surface area (Å²) in [7, 11) is 1.64. The van der Waals surface area contributed by atoms with E-state index < -0.39 is 0 Å². The van der Waals surface area contributed by atoms with Gasteiger partial charge in [0.2, 0.25) is 11.8 Å². The summed E-state index contributed by atoms with van der Waals surface area (Å²) in [6.45, 7) is 6.55. The first-order chi connectivity index (χ1) is 9.71. The molecule has 3 heterocycles. The number of aryl methyl sites for hydroxylation is 1. The zero-order valence-electron chi connectivity index (χ0n) is 12.2. The topological polar surface area (TPSA) is 59.5 Å². The molecule has 2 aliphatic rings. The molecular weight excluding hydrogens is 256 g/mol. The fourth-order valence-electron chi connectivity index (χ4n) is 2.91. The lowest BCUT2D eigenvalue weighted by molar-refractivity contribution is -0.0801. The number of nitrogens with zero attached hydrogens (tertiary/aromatic N) is 3. The highest BCUT2D eigenvalue weighted by Crippen LogP contribution is 2.29. The van der Waals surface area contributed by atoms with Crippen LogP contribution in [0.15, 0.2) is 6.07 Å². The fourth-order valence-corrected chi connectivity index (χ4v) is 2.91. The molecule has 1 aromatic heterocycles. The van der Waals surface area contributed by atoms with Gasteiger partial charge in [0.25, 0.3) is 0 Å². The van der Waals surface area contributed by atoms with Crippen LogP contribution in [0.1, 0.15) is 18.5 Å². The molecule has 0 aliphatic carbocycles. The molecule has 1 N–H and O–H groups in total. The van der Waals surface area contributed by atoms with Gasteiger partial charge in [-0.15, -0.1) is 0 Å². The average molecular weight is 278 g/mol. The molecule has 20 heavy (non-hydrogen) atoms.